The van der Waals surface area contributed by atoms with Crippen LogP contribution in [0, 0.1) is 0 Å². The van der Waals surface area contributed by atoms with Gasteiger partial charge >= 0.3 is 6.01 Å². The van der Waals surface area contributed by atoms with E-state index in [0.29, 0.717) is 17.9 Å². The summed E-state index contributed by atoms with van der Waals surface area (Å²) in [6.45, 7) is 4.29. The van der Waals surface area contributed by atoms with Crippen molar-refractivity contribution >= 4 is 16.7 Å². The SMILES string of the molecule is CCCOc1ccc(Oc2ncc3cc(C(C)=O)ccc3n2)cc1. The highest BCUT2D eigenvalue weighted by Gasteiger charge is 2.06. The van der Waals surface area contributed by atoms with Crippen LogP contribution in [0.3, 0.4) is 0 Å². The molecule has 24 heavy (non-hydrogen) atoms. The van der Waals surface area contributed by atoms with Gasteiger partial charge in [0.05, 0.1) is 12.1 Å². The van der Waals surface area contributed by atoms with E-state index in [4.69, 9.17) is 9.47 Å². The minimum Gasteiger partial charge on any atom is -0.494 e. The van der Waals surface area contributed by atoms with Crippen LogP contribution in [0.1, 0.15) is 30.6 Å². The number of ether oxygens (including phenoxy) is 2. The number of aromatic nitrogens is 2. The molecule has 0 saturated heterocycles. The van der Waals surface area contributed by atoms with Gasteiger partial charge in [-0.25, -0.2) is 4.98 Å². The van der Waals surface area contributed by atoms with E-state index >= 15 is 0 Å². The maximum atomic E-state index is 11.4. The highest BCUT2D eigenvalue weighted by Crippen LogP contribution is 2.23. The van der Waals surface area contributed by atoms with Gasteiger partial charge in [0.2, 0.25) is 0 Å². The van der Waals surface area contributed by atoms with E-state index in [1.54, 1.807) is 24.4 Å². The lowest BCUT2D eigenvalue weighted by Crippen LogP contribution is -1.96. The Kier molecular flexibility index (Phi) is 4.70. The molecular formula is C19H18N2O3. The van der Waals surface area contributed by atoms with Crippen LogP contribution in [0.4, 0.5) is 0 Å². The predicted octanol–water partition coefficient (Wildman–Crippen LogP) is 4.41. The van der Waals surface area contributed by atoms with Gasteiger partial charge < -0.3 is 9.47 Å². The summed E-state index contributed by atoms with van der Waals surface area (Å²) in [6.07, 6.45) is 2.62. The largest absolute Gasteiger partial charge is 0.494 e. The van der Waals surface area contributed by atoms with E-state index in [1.807, 2.05) is 24.3 Å². The quantitative estimate of drug-likeness (QED) is 0.629. The molecule has 0 aliphatic rings. The van der Waals surface area contributed by atoms with Crippen molar-refractivity contribution in [2.45, 2.75) is 20.3 Å². The van der Waals surface area contributed by atoms with E-state index in [-0.39, 0.29) is 11.8 Å². The monoisotopic (exact) mass is 322 g/mol. The fraction of sp³-hybridized carbons (Fsp3) is 0.211. The summed E-state index contributed by atoms with van der Waals surface area (Å²) in [5, 5.41) is 0.804. The zero-order valence-electron chi connectivity index (χ0n) is 13.7. The summed E-state index contributed by atoms with van der Waals surface area (Å²) in [4.78, 5) is 20.0. The maximum absolute atomic E-state index is 11.4. The van der Waals surface area contributed by atoms with Gasteiger partial charge in [0.15, 0.2) is 5.78 Å². The number of fused-ring (bicyclic) bond motifs is 1. The molecule has 0 atom stereocenters. The summed E-state index contributed by atoms with van der Waals surface area (Å²) in [7, 11) is 0. The first-order chi connectivity index (χ1) is 11.7. The molecule has 3 aromatic rings. The Morgan fingerprint density at radius 1 is 1.08 bits per heavy atom. The molecule has 0 spiro atoms. The molecule has 3 rings (SSSR count). The van der Waals surface area contributed by atoms with Crippen LogP contribution in [0.15, 0.2) is 48.7 Å². The number of ketones is 1. The third-order valence-corrected chi connectivity index (χ3v) is 3.47. The van der Waals surface area contributed by atoms with Gasteiger partial charge in [-0.1, -0.05) is 6.92 Å². The highest BCUT2D eigenvalue weighted by atomic mass is 16.5. The van der Waals surface area contributed by atoms with Crippen LogP contribution < -0.4 is 9.47 Å². The van der Waals surface area contributed by atoms with Crippen LogP contribution >= 0.6 is 0 Å². The van der Waals surface area contributed by atoms with Crippen molar-refractivity contribution in [1.82, 2.24) is 9.97 Å². The van der Waals surface area contributed by atoms with Gasteiger partial charge in [0, 0.05) is 17.1 Å². The molecule has 2 aromatic carbocycles. The smallest absolute Gasteiger partial charge is 0.322 e. The van der Waals surface area contributed by atoms with Crippen molar-refractivity contribution in [2.75, 3.05) is 6.61 Å². The molecule has 1 heterocycles. The number of rotatable bonds is 6. The van der Waals surface area contributed by atoms with Crippen LogP contribution in [0.5, 0.6) is 17.5 Å². The normalized spacial score (nSPS) is 10.6. The van der Waals surface area contributed by atoms with Gasteiger partial charge in [-0.2, -0.15) is 4.98 Å². The Labute approximate surface area is 140 Å². The molecule has 1 aromatic heterocycles. The van der Waals surface area contributed by atoms with E-state index in [9.17, 15) is 4.79 Å². The second-order valence-electron chi connectivity index (χ2n) is 5.40. The zero-order chi connectivity index (χ0) is 16.9. The number of carbonyl (C=O) groups is 1. The maximum Gasteiger partial charge on any atom is 0.322 e. The molecule has 0 unspecified atom stereocenters. The summed E-state index contributed by atoms with van der Waals surface area (Å²) < 4.78 is 11.2. The first-order valence-corrected chi connectivity index (χ1v) is 7.84. The molecule has 0 saturated carbocycles. The first-order valence-electron chi connectivity index (χ1n) is 7.84. The molecule has 0 aliphatic carbocycles. The molecule has 0 radical (unpaired) electrons. The third-order valence-electron chi connectivity index (χ3n) is 3.47. The number of benzene rings is 2. The molecule has 0 N–H and O–H groups in total. The highest BCUT2D eigenvalue weighted by molar-refractivity contribution is 5.97. The van der Waals surface area contributed by atoms with Crippen LogP contribution in [0.25, 0.3) is 10.9 Å². The Morgan fingerprint density at radius 3 is 2.54 bits per heavy atom. The molecule has 0 amide bonds. The van der Waals surface area contributed by atoms with Gasteiger partial charge in [-0.3, -0.25) is 4.79 Å². The van der Waals surface area contributed by atoms with Crippen LogP contribution in [0.2, 0.25) is 0 Å². The van der Waals surface area contributed by atoms with Gasteiger partial charge in [-0.15, -0.1) is 0 Å². The average Bonchev–Trinajstić information content (AvgIpc) is 2.60. The molecule has 0 aliphatic heterocycles. The third kappa shape index (κ3) is 3.68. The van der Waals surface area contributed by atoms with Crippen LogP contribution in [-0.4, -0.2) is 22.4 Å². The fourth-order valence-electron chi connectivity index (χ4n) is 2.21. The fourth-order valence-corrected chi connectivity index (χ4v) is 2.21. The minimum atomic E-state index is 0.0163. The minimum absolute atomic E-state index is 0.0163. The molecule has 0 bridgehead atoms. The first kappa shape index (κ1) is 15.9. The van der Waals surface area contributed by atoms with Gasteiger partial charge in [0.25, 0.3) is 0 Å². The summed E-state index contributed by atoms with van der Waals surface area (Å²) in [5.41, 5.74) is 1.37. The number of nitrogens with zero attached hydrogens (tertiary/aromatic N) is 2. The summed E-state index contributed by atoms with van der Waals surface area (Å²) in [6, 6.07) is 12.9. The topological polar surface area (TPSA) is 61.3 Å². The Bertz CT molecular complexity index is 860. The Hall–Kier alpha value is -2.95. The van der Waals surface area contributed by atoms with Gasteiger partial charge in [-0.05, 0) is 55.8 Å². The lowest BCUT2D eigenvalue weighted by atomic mass is 10.1. The molecule has 0 fully saturated rings. The van der Waals surface area contributed by atoms with Crippen molar-refractivity contribution in [2.24, 2.45) is 0 Å². The summed E-state index contributed by atoms with van der Waals surface area (Å²) >= 11 is 0. The predicted molar refractivity (Wildman–Crippen MR) is 91.8 cm³/mol. The van der Waals surface area contributed by atoms with Gasteiger partial charge in [0.1, 0.15) is 11.5 Å². The summed E-state index contributed by atoms with van der Waals surface area (Å²) in [5.74, 6) is 1.46. The second-order valence-corrected chi connectivity index (χ2v) is 5.40. The molecule has 5 nitrogen and oxygen atoms in total. The van der Waals surface area contributed by atoms with Crippen molar-refractivity contribution in [1.29, 1.82) is 0 Å². The van der Waals surface area contributed by atoms with Crippen molar-refractivity contribution in [3.63, 3.8) is 0 Å². The van der Waals surface area contributed by atoms with E-state index in [0.717, 1.165) is 23.1 Å². The average molecular weight is 322 g/mol. The molecular weight excluding hydrogens is 304 g/mol. The van der Waals surface area contributed by atoms with E-state index in [1.165, 1.54) is 6.92 Å². The molecule has 5 heteroatoms. The van der Waals surface area contributed by atoms with Crippen molar-refractivity contribution in [3.8, 4) is 17.5 Å². The Balaban J connectivity index is 1.77. The standard InChI is InChI=1S/C19H18N2O3/c1-3-10-23-16-5-7-17(8-6-16)24-19-20-12-15-11-14(13(2)22)4-9-18(15)21-19/h4-9,11-12H,3,10H2,1-2H3. The van der Waals surface area contributed by atoms with E-state index < -0.39 is 0 Å². The Morgan fingerprint density at radius 2 is 1.83 bits per heavy atom. The number of hydrogen-bond acceptors (Lipinski definition) is 5. The van der Waals surface area contributed by atoms with E-state index in [2.05, 4.69) is 16.9 Å². The molecule has 122 valence electrons. The zero-order valence-corrected chi connectivity index (χ0v) is 13.7. The lowest BCUT2D eigenvalue weighted by Gasteiger charge is -2.07. The number of carbonyl (C=O) groups excluding carboxylic acids is 1. The van der Waals surface area contributed by atoms with Crippen molar-refractivity contribution in [3.05, 3.63) is 54.2 Å². The van der Waals surface area contributed by atoms with Crippen molar-refractivity contribution < 1.29 is 14.3 Å². The number of hydrogen-bond donors (Lipinski definition) is 0. The number of Topliss-reactive ketones (excluding diaryl/α,β-unsaturated/α-hetero) is 1. The lowest BCUT2D eigenvalue weighted by molar-refractivity contribution is 0.101. The second kappa shape index (κ2) is 7.08. The van der Waals surface area contributed by atoms with Crippen LogP contribution in [-0.2, 0) is 0 Å².